The fourth-order valence-corrected chi connectivity index (χ4v) is 4.40. The van der Waals surface area contributed by atoms with Crippen molar-refractivity contribution in [2.75, 3.05) is 24.5 Å². The molecule has 1 aromatic heterocycles. The Morgan fingerprint density at radius 3 is 2.46 bits per heavy atom. The van der Waals surface area contributed by atoms with Crippen LogP contribution in [0.5, 0.6) is 0 Å². The van der Waals surface area contributed by atoms with Gasteiger partial charge in [-0.25, -0.2) is 14.8 Å². The lowest BCUT2D eigenvalue weighted by molar-refractivity contribution is 0.0856. The van der Waals surface area contributed by atoms with Crippen LogP contribution in [0.3, 0.4) is 0 Å². The Hall–Kier alpha value is -3.45. The Balaban J connectivity index is 1.45. The molecule has 0 aliphatic carbocycles. The molecular formula is C28H34N4O3. The molecule has 1 saturated heterocycles. The average molecular weight is 475 g/mol. The van der Waals surface area contributed by atoms with Gasteiger partial charge in [0.1, 0.15) is 12.7 Å². The monoisotopic (exact) mass is 474 g/mol. The summed E-state index contributed by atoms with van der Waals surface area (Å²) in [6, 6.07) is 17.6. The van der Waals surface area contributed by atoms with Crippen LogP contribution in [0.25, 0.3) is 0 Å². The van der Waals surface area contributed by atoms with Gasteiger partial charge in [-0.2, -0.15) is 0 Å². The number of rotatable bonds is 6. The molecule has 1 unspecified atom stereocenters. The van der Waals surface area contributed by atoms with E-state index in [4.69, 9.17) is 9.72 Å². The second kappa shape index (κ2) is 10.9. The minimum Gasteiger partial charge on any atom is -0.445 e. The summed E-state index contributed by atoms with van der Waals surface area (Å²) in [6.07, 6.45) is 0.648. The maximum atomic E-state index is 12.7. The van der Waals surface area contributed by atoms with Crippen LogP contribution in [0.2, 0.25) is 0 Å². The summed E-state index contributed by atoms with van der Waals surface area (Å²) in [5, 5.41) is 10.9. The Morgan fingerprint density at radius 2 is 1.80 bits per heavy atom. The highest BCUT2D eigenvalue weighted by atomic mass is 16.6. The lowest BCUT2D eigenvalue weighted by Crippen LogP contribution is -2.57. The van der Waals surface area contributed by atoms with Gasteiger partial charge in [0.25, 0.3) is 0 Å². The Morgan fingerprint density at radius 1 is 1.09 bits per heavy atom. The molecule has 1 fully saturated rings. The first-order valence-electron chi connectivity index (χ1n) is 12.1. The second-order valence-electron chi connectivity index (χ2n) is 9.51. The van der Waals surface area contributed by atoms with Gasteiger partial charge in [-0.05, 0) is 30.9 Å². The van der Waals surface area contributed by atoms with Gasteiger partial charge in [0, 0.05) is 37.1 Å². The van der Waals surface area contributed by atoms with Crippen LogP contribution in [0.1, 0.15) is 47.9 Å². The molecule has 0 saturated carbocycles. The van der Waals surface area contributed by atoms with E-state index in [1.807, 2.05) is 68.4 Å². The van der Waals surface area contributed by atoms with Crippen molar-refractivity contribution >= 4 is 12.0 Å². The van der Waals surface area contributed by atoms with Crippen molar-refractivity contribution < 1.29 is 14.6 Å². The van der Waals surface area contributed by atoms with Crippen LogP contribution >= 0.6 is 0 Å². The van der Waals surface area contributed by atoms with Gasteiger partial charge in [0.15, 0.2) is 0 Å². The lowest BCUT2D eigenvalue weighted by Gasteiger charge is -2.43. The quantitative estimate of drug-likeness (QED) is 0.560. The first-order valence-corrected chi connectivity index (χ1v) is 12.1. The fraction of sp³-hybridized carbons (Fsp3) is 0.393. The number of ether oxygens (including phenoxy) is 1. The topological polar surface area (TPSA) is 78.8 Å². The molecule has 0 radical (unpaired) electrons. The molecule has 7 nitrogen and oxygen atoms in total. The first-order chi connectivity index (χ1) is 16.8. The van der Waals surface area contributed by atoms with E-state index in [2.05, 4.69) is 23.7 Å². The van der Waals surface area contributed by atoms with Crippen LogP contribution in [0.4, 0.5) is 10.7 Å². The Kier molecular flexibility index (Phi) is 7.66. The summed E-state index contributed by atoms with van der Waals surface area (Å²) in [5.74, 6) is 0.903. The third kappa shape index (κ3) is 5.80. The average Bonchev–Trinajstić information content (AvgIpc) is 2.87. The normalized spacial score (nSPS) is 16.9. The van der Waals surface area contributed by atoms with Crippen molar-refractivity contribution in [2.24, 2.45) is 5.92 Å². The van der Waals surface area contributed by atoms with Crippen molar-refractivity contribution in [3.05, 3.63) is 88.7 Å². The van der Waals surface area contributed by atoms with Crippen molar-refractivity contribution in [2.45, 2.75) is 46.4 Å². The number of nitrogens with zero attached hydrogens (tertiary/aromatic N) is 4. The zero-order valence-corrected chi connectivity index (χ0v) is 20.9. The lowest BCUT2D eigenvalue weighted by atomic mass is 9.99. The number of carbonyl (C=O) groups excluding carboxylic acids is 1. The van der Waals surface area contributed by atoms with Gasteiger partial charge in [-0.1, -0.05) is 74.0 Å². The predicted molar refractivity (Wildman–Crippen MR) is 136 cm³/mol. The number of piperazine rings is 1. The zero-order valence-electron chi connectivity index (χ0n) is 20.9. The molecular weight excluding hydrogens is 440 g/mol. The maximum Gasteiger partial charge on any atom is 0.410 e. The van der Waals surface area contributed by atoms with Gasteiger partial charge >= 0.3 is 6.09 Å². The van der Waals surface area contributed by atoms with Crippen LogP contribution in [-0.4, -0.2) is 51.7 Å². The number of amides is 1. The molecule has 4 rings (SSSR count). The van der Waals surface area contributed by atoms with Crippen molar-refractivity contribution in [3.63, 3.8) is 0 Å². The van der Waals surface area contributed by atoms with E-state index in [0.717, 1.165) is 22.4 Å². The van der Waals surface area contributed by atoms with Gasteiger partial charge in [0.2, 0.25) is 5.95 Å². The van der Waals surface area contributed by atoms with Crippen molar-refractivity contribution in [1.29, 1.82) is 0 Å². The van der Waals surface area contributed by atoms with Crippen LogP contribution in [-0.2, 0) is 11.3 Å². The number of anilines is 1. The number of benzene rings is 2. The zero-order chi connectivity index (χ0) is 24.9. The van der Waals surface area contributed by atoms with Gasteiger partial charge in [0.05, 0.1) is 6.04 Å². The van der Waals surface area contributed by atoms with E-state index >= 15 is 0 Å². The molecule has 1 aliphatic heterocycles. The van der Waals surface area contributed by atoms with E-state index in [0.29, 0.717) is 31.1 Å². The van der Waals surface area contributed by atoms with Crippen molar-refractivity contribution in [3.8, 4) is 0 Å². The molecule has 0 spiro atoms. The minimum absolute atomic E-state index is 0.0558. The first kappa shape index (κ1) is 24.7. The molecule has 2 aromatic carbocycles. The van der Waals surface area contributed by atoms with Crippen LogP contribution < -0.4 is 4.90 Å². The SMILES string of the molecule is Cc1ccc(C(O)c2cnc(N3CCN(C(=O)OCc4ccccc4)C[C@H]3C(C)C)nc2C)cc1. The minimum atomic E-state index is -0.776. The molecule has 7 heteroatoms. The summed E-state index contributed by atoms with van der Waals surface area (Å²) in [5.41, 5.74) is 4.37. The largest absolute Gasteiger partial charge is 0.445 e. The predicted octanol–water partition coefficient (Wildman–Crippen LogP) is 4.66. The van der Waals surface area contributed by atoms with E-state index in [-0.39, 0.29) is 24.7 Å². The summed E-state index contributed by atoms with van der Waals surface area (Å²) < 4.78 is 5.56. The number of carbonyl (C=O) groups is 1. The van der Waals surface area contributed by atoms with Gasteiger partial charge in [-0.3, -0.25) is 0 Å². The second-order valence-corrected chi connectivity index (χ2v) is 9.51. The van der Waals surface area contributed by atoms with Crippen LogP contribution in [0.15, 0.2) is 60.8 Å². The number of hydrogen-bond donors (Lipinski definition) is 1. The van der Waals surface area contributed by atoms with Crippen molar-refractivity contribution in [1.82, 2.24) is 14.9 Å². The summed E-state index contributed by atoms with van der Waals surface area (Å²) in [4.78, 5) is 26.1. The molecule has 1 amide bonds. The molecule has 3 aromatic rings. The molecule has 0 bridgehead atoms. The summed E-state index contributed by atoms with van der Waals surface area (Å²) in [7, 11) is 0. The van der Waals surface area contributed by atoms with E-state index in [1.165, 1.54) is 0 Å². The molecule has 2 heterocycles. The highest BCUT2D eigenvalue weighted by molar-refractivity contribution is 5.68. The smallest absolute Gasteiger partial charge is 0.410 e. The summed E-state index contributed by atoms with van der Waals surface area (Å²) >= 11 is 0. The highest BCUT2D eigenvalue weighted by Gasteiger charge is 2.34. The number of aliphatic hydroxyl groups is 1. The molecule has 2 atom stereocenters. The standard InChI is InChI=1S/C28H34N4O3/c1-19(2)25-17-31(28(34)35-18-22-8-6-5-7-9-22)14-15-32(25)27-29-16-24(21(4)30-27)26(33)23-12-10-20(3)11-13-23/h5-13,16,19,25-26,33H,14-15,17-18H2,1-4H3/t25-,26?/m0/s1. The Labute approximate surface area is 207 Å². The number of aryl methyl sites for hydroxylation is 2. The molecule has 1 N–H and O–H groups in total. The maximum absolute atomic E-state index is 12.7. The van der Waals surface area contributed by atoms with E-state index < -0.39 is 6.10 Å². The summed E-state index contributed by atoms with van der Waals surface area (Å²) in [6.45, 7) is 10.2. The molecule has 35 heavy (non-hydrogen) atoms. The van der Waals surface area contributed by atoms with E-state index in [9.17, 15) is 9.90 Å². The molecule has 184 valence electrons. The van der Waals surface area contributed by atoms with Gasteiger partial charge in [-0.15, -0.1) is 0 Å². The number of hydrogen-bond acceptors (Lipinski definition) is 6. The highest BCUT2D eigenvalue weighted by Crippen LogP contribution is 2.27. The fourth-order valence-electron chi connectivity index (χ4n) is 4.40. The van der Waals surface area contributed by atoms with Gasteiger partial charge < -0.3 is 19.6 Å². The van der Waals surface area contributed by atoms with E-state index in [1.54, 1.807) is 11.1 Å². The Bertz CT molecular complexity index is 1130. The van der Waals surface area contributed by atoms with Crippen LogP contribution in [0, 0.1) is 19.8 Å². The number of aromatic nitrogens is 2. The number of aliphatic hydroxyl groups excluding tert-OH is 1. The third-order valence-corrected chi connectivity index (χ3v) is 6.60. The third-order valence-electron chi connectivity index (χ3n) is 6.60. The molecule has 1 aliphatic rings.